The predicted octanol–water partition coefficient (Wildman–Crippen LogP) is 1.67. The van der Waals surface area contributed by atoms with Gasteiger partial charge in [0, 0.05) is 6.54 Å². The van der Waals surface area contributed by atoms with Crippen molar-refractivity contribution in [3.8, 4) is 0 Å². The molecule has 0 unspecified atom stereocenters. The van der Waals surface area contributed by atoms with Crippen LogP contribution in [0.2, 0.25) is 0 Å². The molecule has 9 heteroatoms. The molecular formula is C12H15F2N5O2. The third-order valence-electron chi connectivity index (χ3n) is 2.93. The number of carbonyl (C=O) groups is 1. The summed E-state index contributed by atoms with van der Waals surface area (Å²) in [6.45, 7) is 3.64. The molecule has 1 N–H and O–H groups in total. The lowest BCUT2D eigenvalue weighted by molar-refractivity contribution is -0.149. The van der Waals surface area contributed by atoms with Crippen LogP contribution in [0.4, 0.5) is 14.6 Å². The summed E-state index contributed by atoms with van der Waals surface area (Å²) in [4.78, 5) is 11.6. The van der Waals surface area contributed by atoms with Crippen molar-refractivity contribution in [2.24, 2.45) is 5.41 Å². The number of carbonyl (C=O) groups excluding carboxylic acids is 1. The highest BCUT2D eigenvalue weighted by Crippen LogP contribution is 2.20. The molecule has 0 radical (unpaired) electrons. The molecule has 21 heavy (non-hydrogen) atoms. The van der Waals surface area contributed by atoms with E-state index in [1.54, 1.807) is 19.9 Å². The predicted molar refractivity (Wildman–Crippen MR) is 70.0 cm³/mol. The number of hydrogen-bond acceptors (Lipinski definition) is 6. The molecule has 0 amide bonds. The smallest absolute Gasteiger partial charge is 0.313 e. The Bertz CT molecular complexity index is 656. The van der Waals surface area contributed by atoms with E-state index in [4.69, 9.17) is 0 Å². The Morgan fingerprint density at radius 1 is 1.43 bits per heavy atom. The van der Waals surface area contributed by atoms with Gasteiger partial charge < -0.3 is 10.1 Å². The van der Waals surface area contributed by atoms with E-state index in [0.29, 0.717) is 5.82 Å². The zero-order valence-electron chi connectivity index (χ0n) is 11.8. The number of hydrogen-bond donors (Lipinski definition) is 1. The van der Waals surface area contributed by atoms with Crippen molar-refractivity contribution in [3.63, 3.8) is 0 Å². The van der Waals surface area contributed by atoms with Gasteiger partial charge in [0.2, 0.25) is 5.82 Å². The van der Waals surface area contributed by atoms with Crippen LogP contribution in [0.5, 0.6) is 0 Å². The van der Waals surface area contributed by atoms with Crippen molar-refractivity contribution in [1.82, 2.24) is 19.8 Å². The summed E-state index contributed by atoms with van der Waals surface area (Å²) < 4.78 is 31.1. The summed E-state index contributed by atoms with van der Waals surface area (Å²) in [5.74, 6) is -0.573. The molecule has 0 bridgehead atoms. The summed E-state index contributed by atoms with van der Waals surface area (Å²) in [5, 5.41) is 13.9. The summed E-state index contributed by atoms with van der Waals surface area (Å²) in [6.07, 6.45) is -2.77. The lowest BCUT2D eigenvalue weighted by atomic mass is 9.94. The fourth-order valence-corrected chi connectivity index (χ4v) is 1.70. The number of fused-ring (bicyclic) bond motifs is 1. The third-order valence-corrected chi connectivity index (χ3v) is 2.93. The van der Waals surface area contributed by atoms with E-state index < -0.39 is 17.7 Å². The highest BCUT2D eigenvalue weighted by Gasteiger charge is 2.28. The maximum Gasteiger partial charge on any atom is 0.313 e. The van der Waals surface area contributed by atoms with Crippen molar-refractivity contribution in [1.29, 1.82) is 0 Å². The number of anilines is 1. The number of methoxy groups -OCH3 is 1. The second kappa shape index (κ2) is 5.58. The fourth-order valence-electron chi connectivity index (χ4n) is 1.70. The number of nitrogens with zero attached hydrogens (tertiary/aromatic N) is 4. The molecule has 0 aliphatic heterocycles. The van der Waals surface area contributed by atoms with Gasteiger partial charge in [-0.3, -0.25) is 4.79 Å². The maximum atomic E-state index is 12.7. The zero-order valence-corrected chi connectivity index (χ0v) is 11.8. The van der Waals surface area contributed by atoms with E-state index in [1.807, 2.05) is 0 Å². The van der Waals surface area contributed by atoms with Gasteiger partial charge in [-0.15, -0.1) is 15.3 Å². The number of ether oxygens (including phenoxy) is 1. The topological polar surface area (TPSA) is 81.4 Å². The summed E-state index contributed by atoms with van der Waals surface area (Å²) in [6, 6.07) is 3.09. The highest BCUT2D eigenvalue weighted by molar-refractivity contribution is 5.76. The molecule has 2 aromatic rings. The number of aromatic nitrogens is 4. The van der Waals surface area contributed by atoms with Gasteiger partial charge in [0.15, 0.2) is 5.65 Å². The SMILES string of the molecule is COC(=O)C(C)(C)CNc1ccc2nnc(C(F)F)n2n1. The van der Waals surface area contributed by atoms with E-state index in [-0.39, 0.29) is 18.2 Å². The zero-order chi connectivity index (χ0) is 15.6. The van der Waals surface area contributed by atoms with E-state index in [1.165, 1.54) is 13.2 Å². The summed E-state index contributed by atoms with van der Waals surface area (Å²) >= 11 is 0. The minimum Gasteiger partial charge on any atom is -0.469 e. The lowest BCUT2D eigenvalue weighted by Gasteiger charge is -2.21. The molecule has 0 saturated heterocycles. The minimum atomic E-state index is -2.77. The molecule has 2 heterocycles. The first-order valence-electron chi connectivity index (χ1n) is 6.18. The van der Waals surface area contributed by atoms with E-state index in [9.17, 15) is 13.6 Å². The average Bonchev–Trinajstić information content (AvgIpc) is 2.87. The fraction of sp³-hybridized carbons (Fsp3) is 0.500. The van der Waals surface area contributed by atoms with Gasteiger partial charge in [0.05, 0.1) is 12.5 Å². The molecule has 0 aliphatic carbocycles. The van der Waals surface area contributed by atoms with Crippen LogP contribution >= 0.6 is 0 Å². The number of halogens is 2. The molecule has 2 aromatic heterocycles. The van der Waals surface area contributed by atoms with Crippen LogP contribution in [0.1, 0.15) is 26.1 Å². The number of alkyl halides is 2. The van der Waals surface area contributed by atoms with E-state index in [2.05, 4.69) is 25.3 Å². The average molecular weight is 299 g/mol. The molecule has 0 aromatic carbocycles. The first kappa shape index (κ1) is 15.1. The highest BCUT2D eigenvalue weighted by atomic mass is 19.3. The van der Waals surface area contributed by atoms with Crippen molar-refractivity contribution in [2.75, 3.05) is 19.0 Å². The molecule has 0 spiro atoms. The van der Waals surface area contributed by atoms with Gasteiger partial charge in [-0.05, 0) is 26.0 Å². The van der Waals surface area contributed by atoms with Crippen LogP contribution < -0.4 is 5.32 Å². The molecule has 0 fully saturated rings. The van der Waals surface area contributed by atoms with Crippen LogP contribution in [-0.2, 0) is 9.53 Å². The van der Waals surface area contributed by atoms with Crippen LogP contribution in [-0.4, -0.2) is 39.4 Å². The van der Waals surface area contributed by atoms with Crippen molar-refractivity contribution < 1.29 is 18.3 Å². The Hall–Kier alpha value is -2.32. The Labute approximate surface area is 119 Å². The minimum absolute atomic E-state index is 0.225. The van der Waals surface area contributed by atoms with Gasteiger partial charge >= 0.3 is 5.97 Å². The molecule has 0 aliphatic rings. The second-order valence-corrected chi connectivity index (χ2v) is 5.08. The Morgan fingerprint density at radius 3 is 2.76 bits per heavy atom. The van der Waals surface area contributed by atoms with Crippen molar-refractivity contribution in [3.05, 3.63) is 18.0 Å². The molecule has 0 atom stereocenters. The van der Waals surface area contributed by atoms with Gasteiger partial charge in [-0.1, -0.05) is 0 Å². The standard InChI is InChI=1S/C12H15F2N5O2/c1-12(2,11(20)21-3)6-15-7-4-5-8-16-17-10(9(13)14)19(8)18-7/h4-5,9H,6H2,1-3H3,(H,15,18). The summed E-state index contributed by atoms with van der Waals surface area (Å²) in [7, 11) is 1.31. The molecule has 2 rings (SSSR count). The third kappa shape index (κ3) is 3.06. The lowest BCUT2D eigenvalue weighted by Crippen LogP contribution is -2.33. The van der Waals surface area contributed by atoms with Crippen LogP contribution in [0, 0.1) is 5.41 Å². The quantitative estimate of drug-likeness (QED) is 0.846. The first-order chi connectivity index (χ1) is 9.85. The van der Waals surface area contributed by atoms with Crippen molar-refractivity contribution in [2.45, 2.75) is 20.3 Å². The Morgan fingerprint density at radius 2 is 2.14 bits per heavy atom. The van der Waals surface area contributed by atoms with Gasteiger partial charge in [-0.25, -0.2) is 8.78 Å². The normalized spacial score (nSPS) is 11.9. The Kier molecular flexibility index (Phi) is 4.01. The van der Waals surface area contributed by atoms with Crippen LogP contribution in [0.25, 0.3) is 5.65 Å². The van der Waals surface area contributed by atoms with Gasteiger partial charge in [0.1, 0.15) is 5.82 Å². The molecule has 0 saturated carbocycles. The molecular weight excluding hydrogens is 284 g/mol. The van der Waals surface area contributed by atoms with Gasteiger partial charge in [0.25, 0.3) is 6.43 Å². The molecule has 114 valence electrons. The monoisotopic (exact) mass is 299 g/mol. The maximum absolute atomic E-state index is 12.7. The largest absolute Gasteiger partial charge is 0.469 e. The number of rotatable bonds is 5. The van der Waals surface area contributed by atoms with Crippen LogP contribution in [0.15, 0.2) is 12.1 Å². The number of nitrogens with one attached hydrogen (secondary N) is 1. The Balaban J connectivity index is 2.20. The first-order valence-corrected chi connectivity index (χ1v) is 6.18. The van der Waals surface area contributed by atoms with E-state index >= 15 is 0 Å². The van der Waals surface area contributed by atoms with Crippen molar-refractivity contribution >= 4 is 17.4 Å². The molecule has 7 nitrogen and oxygen atoms in total. The van der Waals surface area contributed by atoms with Crippen LogP contribution in [0.3, 0.4) is 0 Å². The van der Waals surface area contributed by atoms with E-state index in [0.717, 1.165) is 4.52 Å². The number of esters is 1. The summed E-state index contributed by atoms with van der Waals surface area (Å²) in [5.41, 5.74) is -0.549. The second-order valence-electron chi connectivity index (χ2n) is 5.08. The van der Waals surface area contributed by atoms with Gasteiger partial charge in [-0.2, -0.15) is 4.52 Å².